The molecule has 5 heteroatoms. The van der Waals surface area contributed by atoms with E-state index in [1.54, 1.807) is 16.7 Å². The molecule has 2 heterocycles. The van der Waals surface area contributed by atoms with Gasteiger partial charge >= 0.3 is 0 Å². The Hall–Kier alpha value is -0.810. The molecule has 2 atom stereocenters. The summed E-state index contributed by atoms with van der Waals surface area (Å²) in [5.41, 5.74) is 1.60. The van der Waals surface area contributed by atoms with Crippen LogP contribution in [0.25, 0.3) is 0 Å². The van der Waals surface area contributed by atoms with E-state index in [0.29, 0.717) is 12.1 Å². The van der Waals surface area contributed by atoms with Crippen LogP contribution in [0.5, 0.6) is 0 Å². The van der Waals surface area contributed by atoms with Crippen LogP contribution in [0.4, 0.5) is 0 Å². The molecule has 0 aromatic rings. The van der Waals surface area contributed by atoms with Crippen molar-refractivity contribution in [2.24, 2.45) is 0 Å². The first-order valence-electron chi connectivity index (χ1n) is 5.32. The minimum atomic E-state index is -0.377. The lowest BCUT2D eigenvalue weighted by molar-refractivity contribution is -0.159. The molecule has 0 N–H and O–H groups in total. The number of amides is 1. The van der Waals surface area contributed by atoms with Crippen molar-refractivity contribution in [3.05, 3.63) is 11.3 Å². The molecule has 0 aromatic carbocycles. The molecule has 0 saturated carbocycles. The van der Waals surface area contributed by atoms with Gasteiger partial charge in [-0.2, -0.15) is 0 Å². The maximum Gasteiger partial charge on any atom is 0.260 e. The van der Waals surface area contributed by atoms with E-state index in [2.05, 4.69) is 0 Å². The summed E-state index contributed by atoms with van der Waals surface area (Å²) in [5.74, 6) is 0.761. The van der Waals surface area contributed by atoms with E-state index in [9.17, 15) is 9.59 Å². The second-order valence-corrected chi connectivity index (χ2v) is 5.08. The third-order valence-corrected chi connectivity index (χ3v) is 4.35. The first-order chi connectivity index (χ1) is 7.61. The van der Waals surface area contributed by atoms with Gasteiger partial charge in [0.1, 0.15) is 5.37 Å². The van der Waals surface area contributed by atoms with E-state index in [1.165, 1.54) is 7.11 Å². The van der Waals surface area contributed by atoms with Crippen molar-refractivity contribution in [3.63, 3.8) is 0 Å². The first kappa shape index (κ1) is 11.7. The van der Waals surface area contributed by atoms with Crippen LogP contribution in [-0.4, -0.2) is 40.9 Å². The molecule has 0 unspecified atom stereocenters. The predicted octanol–water partition coefficient (Wildman–Crippen LogP) is 1.17. The average Bonchev–Trinajstić information content (AvgIpc) is 2.29. The summed E-state index contributed by atoms with van der Waals surface area (Å²) in [6, 6.07) is 0. The van der Waals surface area contributed by atoms with E-state index in [4.69, 9.17) is 4.74 Å². The van der Waals surface area contributed by atoms with Gasteiger partial charge < -0.3 is 4.74 Å². The smallest absolute Gasteiger partial charge is 0.260 e. The highest BCUT2D eigenvalue weighted by atomic mass is 32.2. The summed E-state index contributed by atoms with van der Waals surface area (Å²) >= 11 is 1.66. The molecule has 4 nitrogen and oxygen atoms in total. The molecule has 1 amide bonds. The largest absolute Gasteiger partial charge is 0.368 e. The maximum absolute atomic E-state index is 11.8. The van der Waals surface area contributed by atoms with E-state index in [-0.39, 0.29) is 23.2 Å². The summed E-state index contributed by atoms with van der Waals surface area (Å²) in [6.45, 7) is 3.73. The summed E-state index contributed by atoms with van der Waals surface area (Å²) < 4.78 is 5.12. The summed E-state index contributed by atoms with van der Waals surface area (Å²) in [6.07, 6.45) is 0.0589. The van der Waals surface area contributed by atoms with Crippen LogP contribution in [0.3, 0.4) is 0 Å². The Morgan fingerprint density at radius 3 is 2.88 bits per heavy atom. The molecule has 0 aliphatic carbocycles. The number of carbonyl (C=O) groups is 2. The van der Waals surface area contributed by atoms with Crippen molar-refractivity contribution in [2.45, 2.75) is 31.7 Å². The maximum atomic E-state index is 11.8. The third kappa shape index (κ3) is 1.50. The quantitative estimate of drug-likeness (QED) is 0.696. The fourth-order valence-electron chi connectivity index (χ4n) is 2.08. The summed E-state index contributed by atoms with van der Waals surface area (Å²) in [7, 11) is 1.53. The number of methoxy groups -OCH3 is 1. The number of nitrogens with zero attached hydrogens (tertiary/aromatic N) is 1. The zero-order valence-corrected chi connectivity index (χ0v) is 10.5. The van der Waals surface area contributed by atoms with Crippen molar-refractivity contribution in [2.75, 3.05) is 12.9 Å². The monoisotopic (exact) mass is 241 g/mol. The van der Waals surface area contributed by atoms with Crippen LogP contribution in [0.2, 0.25) is 0 Å². The van der Waals surface area contributed by atoms with Crippen LogP contribution in [-0.2, 0) is 14.3 Å². The van der Waals surface area contributed by atoms with Crippen LogP contribution in [0, 0.1) is 0 Å². The number of ether oxygens (including phenoxy) is 1. The first-order valence-corrected chi connectivity index (χ1v) is 6.37. The Kier molecular flexibility index (Phi) is 3.08. The molecule has 16 heavy (non-hydrogen) atoms. The highest BCUT2D eigenvalue weighted by molar-refractivity contribution is 8.00. The summed E-state index contributed by atoms with van der Waals surface area (Å²) in [4.78, 5) is 25.2. The second kappa shape index (κ2) is 4.22. The van der Waals surface area contributed by atoms with Gasteiger partial charge in [0.05, 0.1) is 5.70 Å². The highest BCUT2D eigenvalue weighted by Gasteiger charge is 2.52. The van der Waals surface area contributed by atoms with Crippen molar-refractivity contribution in [1.82, 2.24) is 4.90 Å². The van der Waals surface area contributed by atoms with Crippen LogP contribution in [0.15, 0.2) is 11.3 Å². The third-order valence-electron chi connectivity index (χ3n) is 2.95. The SMILES string of the molecule is CCC(=O)C1=C(C)CS[C@H]2[C@@H](OC)C(=O)N12. The van der Waals surface area contributed by atoms with Gasteiger partial charge in [-0.25, -0.2) is 0 Å². The standard InChI is InChI=1S/C11H15NO3S/c1-4-7(13)8-6(2)5-16-11-9(15-3)10(14)12(8)11/h9,11H,4-5H2,1-3H3/t9-,11-/m0/s1. The lowest BCUT2D eigenvalue weighted by Gasteiger charge is -2.49. The highest BCUT2D eigenvalue weighted by Crippen LogP contribution is 2.41. The number of allylic oxidation sites excluding steroid dienone is 1. The van der Waals surface area contributed by atoms with Gasteiger partial charge in [-0.3, -0.25) is 14.5 Å². The number of rotatable bonds is 3. The molecule has 2 aliphatic rings. The number of hydrogen-bond donors (Lipinski definition) is 0. The van der Waals surface area contributed by atoms with Gasteiger partial charge in [0, 0.05) is 19.3 Å². The molecule has 0 radical (unpaired) electrons. The molecular formula is C11H15NO3S. The molecule has 0 bridgehead atoms. The van der Waals surface area contributed by atoms with Gasteiger partial charge in [0.2, 0.25) is 0 Å². The van der Waals surface area contributed by atoms with E-state index in [1.807, 2.05) is 13.8 Å². The van der Waals surface area contributed by atoms with E-state index >= 15 is 0 Å². The Balaban J connectivity index is 2.30. The molecule has 2 aliphatic heterocycles. The Morgan fingerprint density at radius 1 is 1.62 bits per heavy atom. The molecule has 1 fully saturated rings. The Bertz CT molecular complexity index is 377. The number of Topliss-reactive ketones (excluding diaryl/α,β-unsaturated/α-hetero) is 1. The second-order valence-electron chi connectivity index (χ2n) is 3.97. The number of ketones is 1. The number of carbonyl (C=O) groups excluding carboxylic acids is 2. The van der Waals surface area contributed by atoms with Gasteiger partial charge in [0.25, 0.3) is 5.91 Å². The molecule has 88 valence electrons. The Labute approximate surface area is 99.0 Å². The number of β-lactam (4-membered cyclic amide) rings is 1. The molecule has 0 aromatic heterocycles. The van der Waals surface area contributed by atoms with Crippen molar-refractivity contribution in [1.29, 1.82) is 0 Å². The topological polar surface area (TPSA) is 46.6 Å². The minimum absolute atomic E-state index is 0.00769. The van der Waals surface area contributed by atoms with Crippen molar-refractivity contribution < 1.29 is 14.3 Å². The molecule has 2 rings (SSSR count). The van der Waals surface area contributed by atoms with Crippen LogP contribution in [0.1, 0.15) is 20.3 Å². The molecule has 0 spiro atoms. The average molecular weight is 241 g/mol. The van der Waals surface area contributed by atoms with Crippen LogP contribution >= 0.6 is 11.8 Å². The van der Waals surface area contributed by atoms with Gasteiger partial charge in [-0.1, -0.05) is 6.92 Å². The predicted molar refractivity (Wildman–Crippen MR) is 61.9 cm³/mol. The zero-order chi connectivity index (χ0) is 11.9. The Morgan fingerprint density at radius 2 is 2.31 bits per heavy atom. The fraction of sp³-hybridized carbons (Fsp3) is 0.636. The van der Waals surface area contributed by atoms with E-state index < -0.39 is 0 Å². The minimum Gasteiger partial charge on any atom is -0.368 e. The summed E-state index contributed by atoms with van der Waals surface area (Å²) in [5, 5.41) is -0.00769. The lowest BCUT2D eigenvalue weighted by Crippen LogP contribution is -2.65. The van der Waals surface area contributed by atoms with Crippen molar-refractivity contribution >= 4 is 23.5 Å². The van der Waals surface area contributed by atoms with Gasteiger partial charge in [0.15, 0.2) is 11.9 Å². The number of thioether (sulfide) groups is 1. The van der Waals surface area contributed by atoms with Gasteiger partial charge in [-0.05, 0) is 12.5 Å². The van der Waals surface area contributed by atoms with Crippen molar-refractivity contribution in [3.8, 4) is 0 Å². The van der Waals surface area contributed by atoms with Crippen LogP contribution < -0.4 is 0 Å². The number of hydrogen-bond acceptors (Lipinski definition) is 4. The number of fused-ring (bicyclic) bond motifs is 1. The lowest BCUT2D eigenvalue weighted by atomic mass is 10.0. The zero-order valence-electron chi connectivity index (χ0n) is 9.65. The molecular weight excluding hydrogens is 226 g/mol. The van der Waals surface area contributed by atoms with Gasteiger partial charge in [-0.15, -0.1) is 11.8 Å². The normalized spacial score (nSPS) is 28.9. The molecule has 1 saturated heterocycles. The fourth-order valence-corrected chi connectivity index (χ4v) is 3.40. The van der Waals surface area contributed by atoms with E-state index in [0.717, 1.165) is 11.3 Å².